The highest BCUT2D eigenvalue weighted by atomic mass is 16.6. The molecule has 246 valence electrons. The van der Waals surface area contributed by atoms with E-state index >= 15 is 0 Å². The first-order valence-corrected chi connectivity index (χ1v) is 15.1. The molecular weight excluding hydrogens is 572 g/mol. The van der Waals surface area contributed by atoms with E-state index in [4.69, 9.17) is 23.7 Å². The van der Waals surface area contributed by atoms with Gasteiger partial charge >= 0.3 is 23.9 Å². The molecule has 0 spiro atoms. The Morgan fingerprint density at radius 1 is 0.568 bits per heavy atom. The lowest BCUT2D eigenvalue weighted by Gasteiger charge is -2.33. The van der Waals surface area contributed by atoms with Gasteiger partial charge in [0.2, 0.25) is 0 Å². The van der Waals surface area contributed by atoms with Crippen molar-refractivity contribution in [3.63, 3.8) is 0 Å². The lowest BCUT2D eigenvalue weighted by Crippen LogP contribution is -2.41. The first kappa shape index (κ1) is 36.2. The summed E-state index contributed by atoms with van der Waals surface area (Å²) in [6.45, 7) is 11.9. The van der Waals surface area contributed by atoms with Gasteiger partial charge in [-0.2, -0.15) is 0 Å². The number of hydrogen-bond acceptors (Lipinski definition) is 13. The summed E-state index contributed by atoms with van der Waals surface area (Å²) in [7, 11) is 1.54. The highest BCUT2D eigenvalue weighted by Gasteiger charge is 2.15. The molecule has 2 unspecified atom stereocenters. The second-order valence-electron chi connectivity index (χ2n) is 10.4. The van der Waals surface area contributed by atoms with Gasteiger partial charge in [-0.3, -0.25) is 0 Å². The van der Waals surface area contributed by atoms with Crippen molar-refractivity contribution in [3.8, 4) is 0 Å². The zero-order valence-corrected chi connectivity index (χ0v) is 26.4. The summed E-state index contributed by atoms with van der Waals surface area (Å²) in [5, 5.41) is 0. The Morgan fingerprint density at radius 2 is 0.932 bits per heavy atom. The van der Waals surface area contributed by atoms with Crippen LogP contribution in [0.1, 0.15) is 33.6 Å². The molecule has 44 heavy (non-hydrogen) atoms. The van der Waals surface area contributed by atoms with Gasteiger partial charge in [-0.1, -0.05) is 6.92 Å². The van der Waals surface area contributed by atoms with E-state index in [0.717, 1.165) is 6.42 Å². The molecule has 2 aliphatic heterocycles. The Labute approximate surface area is 260 Å². The molecule has 2 saturated heterocycles. The molecule has 0 aliphatic carbocycles. The van der Waals surface area contributed by atoms with Gasteiger partial charge in [0, 0.05) is 115 Å². The second kappa shape index (κ2) is 20.8. The van der Waals surface area contributed by atoms with E-state index in [1.807, 2.05) is 33.4 Å². The van der Waals surface area contributed by atoms with Crippen LogP contribution in [0.15, 0.2) is 49.1 Å². The normalized spacial score (nSPS) is 17.5. The third-order valence-corrected chi connectivity index (χ3v) is 6.89. The van der Waals surface area contributed by atoms with Crippen molar-refractivity contribution in [2.24, 2.45) is 0 Å². The Balaban J connectivity index is 1.56. The number of carbonyl (C=O) groups is 4. The average molecular weight is 621 g/mol. The molecule has 2 fully saturated rings. The van der Waals surface area contributed by atoms with Gasteiger partial charge in [-0.05, 0) is 20.3 Å². The second-order valence-corrected chi connectivity index (χ2v) is 10.4. The van der Waals surface area contributed by atoms with Crippen LogP contribution in [0.25, 0.3) is 0 Å². The first-order chi connectivity index (χ1) is 21.2. The van der Waals surface area contributed by atoms with Gasteiger partial charge < -0.3 is 43.3 Å². The molecule has 0 bridgehead atoms. The van der Waals surface area contributed by atoms with Crippen molar-refractivity contribution >= 4 is 23.9 Å². The number of ether oxygens (including phenoxy) is 5. The van der Waals surface area contributed by atoms with Crippen LogP contribution in [0.2, 0.25) is 0 Å². The fraction of sp³-hybridized carbons (Fsp3) is 0.613. The summed E-state index contributed by atoms with van der Waals surface area (Å²) in [6, 6.07) is 0. The molecule has 13 nitrogen and oxygen atoms in total. The van der Waals surface area contributed by atoms with E-state index in [1.54, 1.807) is 38.8 Å². The van der Waals surface area contributed by atoms with Gasteiger partial charge in [0.15, 0.2) is 0 Å². The molecule has 0 aromatic rings. The number of carbonyl (C=O) groups excluding carboxylic acids is 4. The van der Waals surface area contributed by atoms with Crippen LogP contribution in [0, 0.1) is 0 Å². The van der Waals surface area contributed by atoms with E-state index in [9.17, 15) is 19.2 Å². The van der Waals surface area contributed by atoms with Crippen molar-refractivity contribution in [2.75, 3.05) is 79.3 Å². The van der Waals surface area contributed by atoms with Crippen LogP contribution in [-0.2, 0) is 42.9 Å². The molecule has 2 heterocycles. The van der Waals surface area contributed by atoms with E-state index in [2.05, 4.69) is 0 Å². The molecular formula is C31H48N4O9. The standard InChI is InChI=1S/C31H48N4O9/c1-5-26(2)43-30(38)8-13-34-19-15-32(16-20-34)11-6-28(36)41-23-10-27(3)44-31(39)9-14-35-21-17-33(18-22-35)12-7-29(37)42-25-24-40-4/h6-9,11-14,26-27H,5,10,15-25H2,1-4H3/b11-6+,12-7+,13-8+,14-9+. The Morgan fingerprint density at radius 3 is 1.32 bits per heavy atom. The maximum absolute atomic E-state index is 12.2. The minimum atomic E-state index is -0.466. The largest absolute Gasteiger partial charge is 0.462 e. The molecule has 0 aromatic heterocycles. The summed E-state index contributed by atoms with van der Waals surface area (Å²) >= 11 is 0. The zero-order valence-electron chi connectivity index (χ0n) is 26.4. The number of rotatable bonds is 17. The van der Waals surface area contributed by atoms with Crippen molar-refractivity contribution in [1.82, 2.24) is 19.6 Å². The average Bonchev–Trinajstić information content (AvgIpc) is 3.01. The van der Waals surface area contributed by atoms with Gasteiger partial charge in [0.1, 0.15) is 12.7 Å². The third-order valence-electron chi connectivity index (χ3n) is 6.89. The number of esters is 4. The molecule has 2 aliphatic rings. The highest BCUT2D eigenvalue weighted by molar-refractivity contribution is 5.83. The zero-order chi connectivity index (χ0) is 32.2. The van der Waals surface area contributed by atoms with Gasteiger partial charge in [0.05, 0.1) is 19.3 Å². The Kier molecular flexibility index (Phi) is 17.1. The van der Waals surface area contributed by atoms with Gasteiger partial charge in [0.25, 0.3) is 0 Å². The van der Waals surface area contributed by atoms with Crippen LogP contribution in [0.3, 0.4) is 0 Å². The SMILES string of the molecule is CCC(C)OC(=O)/C=C/N1CCN(/C=C/C(=O)OCCC(C)OC(=O)/C=C/N2CCN(/C=C/C(=O)OCCOC)CC2)CC1. The number of piperazine rings is 2. The third kappa shape index (κ3) is 16.0. The van der Waals surface area contributed by atoms with E-state index in [0.29, 0.717) is 65.4 Å². The number of methoxy groups -OCH3 is 1. The van der Waals surface area contributed by atoms with Crippen LogP contribution in [0.4, 0.5) is 0 Å². The van der Waals surface area contributed by atoms with E-state index in [1.165, 1.54) is 24.3 Å². The lowest BCUT2D eigenvalue weighted by molar-refractivity contribution is -0.145. The molecule has 0 amide bonds. The predicted molar refractivity (Wildman–Crippen MR) is 163 cm³/mol. The predicted octanol–water partition coefficient (Wildman–Crippen LogP) is 1.67. The van der Waals surface area contributed by atoms with Crippen molar-refractivity contribution in [3.05, 3.63) is 49.1 Å². The van der Waals surface area contributed by atoms with E-state index < -0.39 is 24.0 Å². The first-order valence-electron chi connectivity index (χ1n) is 15.1. The topological polar surface area (TPSA) is 127 Å². The summed E-state index contributed by atoms with van der Waals surface area (Å²) < 4.78 is 25.7. The quantitative estimate of drug-likeness (QED) is 0.101. The van der Waals surface area contributed by atoms with Crippen molar-refractivity contribution in [2.45, 2.75) is 45.8 Å². The lowest BCUT2D eigenvalue weighted by atomic mass is 10.3. The van der Waals surface area contributed by atoms with Gasteiger partial charge in [-0.15, -0.1) is 0 Å². The Bertz CT molecular complexity index is 1010. The highest BCUT2D eigenvalue weighted by Crippen LogP contribution is 2.06. The van der Waals surface area contributed by atoms with Crippen LogP contribution in [0.5, 0.6) is 0 Å². The summed E-state index contributed by atoms with van der Waals surface area (Å²) in [6.07, 6.45) is 13.1. The molecule has 13 heteroatoms. The summed E-state index contributed by atoms with van der Waals surface area (Å²) in [4.78, 5) is 55.8. The fourth-order valence-corrected chi connectivity index (χ4v) is 4.00. The Hall–Kier alpha value is -4.00. The summed E-state index contributed by atoms with van der Waals surface area (Å²) in [5.74, 6) is -1.69. The van der Waals surface area contributed by atoms with Crippen LogP contribution in [-0.4, -0.2) is 135 Å². The van der Waals surface area contributed by atoms with Crippen molar-refractivity contribution < 1.29 is 42.9 Å². The monoisotopic (exact) mass is 620 g/mol. The molecule has 0 N–H and O–H groups in total. The number of nitrogens with zero attached hydrogens (tertiary/aromatic N) is 4. The molecule has 0 radical (unpaired) electrons. The van der Waals surface area contributed by atoms with Crippen LogP contribution >= 0.6 is 0 Å². The maximum atomic E-state index is 12.2. The fourth-order valence-electron chi connectivity index (χ4n) is 4.00. The van der Waals surface area contributed by atoms with Crippen LogP contribution < -0.4 is 0 Å². The molecule has 2 rings (SSSR count). The molecule has 0 aromatic carbocycles. The number of hydrogen-bond donors (Lipinski definition) is 0. The van der Waals surface area contributed by atoms with E-state index in [-0.39, 0.29) is 25.3 Å². The smallest absolute Gasteiger partial charge is 0.332 e. The summed E-state index contributed by atoms with van der Waals surface area (Å²) in [5.41, 5.74) is 0. The van der Waals surface area contributed by atoms with Crippen molar-refractivity contribution in [1.29, 1.82) is 0 Å². The minimum absolute atomic E-state index is 0.101. The maximum Gasteiger partial charge on any atom is 0.332 e. The molecule has 0 saturated carbocycles. The molecule has 2 atom stereocenters. The van der Waals surface area contributed by atoms with Gasteiger partial charge in [-0.25, -0.2) is 19.2 Å². The minimum Gasteiger partial charge on any atom is -0.462 e.